The van der Waals surface area contributed by atoms with Gasteiger partial charge in [0.15, 0.2) is 0 Å². The third-order valence-electron chi connectivity index (χ3n) is 4.53. The number of methoxy groups -OCH3 is 1. The molecular formula is C19H25FN4O. The summed E-state index contributed by atoms with van der Waals surface area (Å²) in [7, 11) is 5.62. The largest absolute Gasteiger partial charge is 0.496 e. The average molecular weight is 344 g/mol. The summed E-state index contributed by atoms with van der Waals surface area (Å²) in [5, 5.41) is 0. The summed E-state index contributed by atoms with van der Waals surface area (Å²) >= 11 is 0. The number of hydrogen-bond acceptors (Lipinski definition) is 5. The van der Waals surface area contributed by atoms with Crippen molar-refractivity contribution >= 4 is 0 Å². The summed E-state index contributed by atoms with van der Waals surface area (Å²) in [6, 6.07) is 7.02. The lowest BCUT2D eigenvalue weighted by Crippen LogP contribution is -2.25. The van der Waals surface area contributed by atoms with Crippen LogP contribution in [0.25, 0.3) is 0 Å². The zero-order valence-corrected chi connectivity index (χ0v) is 15.1. The number of ether oxygens (including phenoxy) is 1. The van der Waals surface area contributed by atoms with Gasteiger partial charge in [0.1, 0.15) is 17.4 Å². The molecule has 2 aromatic rings. The number of hydrogen-bond donors (Lipinski definition) is 0. The Kier molecular flexibility index (Phi) is 5.60. The Bertz CT molecular complexity index is 722. The van der Waals surface area contributed by atoms with E-state index in [4.69, 9.17) is 9.72 Å². The predicted octanol–water partition coefficient (Wildman–Crippen LogP) is 3.02. The molecule has 0 spiro atoms. The highest BCUT2D eigenvalue weighted by atomic mass is 19.1. The van der Waals surface area contributed by atoms with Crippen molar-refractivity contribution in [1.82, 2.24) is 19.8 Å². The number of likely N-dealkylation sites (tertiary alicyclic amines) is 1. The summed E-state index contributed by atoms with van der Waals surface area (Å²) in [5.74, 6) is 1.19. The minimum atomic E-state index is -0.229. The molecule has 1 aromatic carbocycles. The van der Waals surface area contributed by atoms with E-state index in [9.17, 15) is 4.39 Å². The number of halogens is 1. The van der Waals surface area contributed by atoms with E-state index in [0.717, 1.165) is 37.4 Å². The lowest BCUT2D eigenvalue weighted by molar-refractivity contribution is 0.231. The molecule has 0 amide bonds. The van der Waals surface area contributed by atoms with Crippen LogP contribution in [0.1, 0.15) is 36.0 Å². The quantitative estimate of drug-likeness (QED) is 0.806. The first-order valence-electron chi connectivity index (χ1n) is 8.60. The van der Waals surface area contributed by atoms with Crippen molar-refractivity contribution in [2.75, 3.05) is 27.7 Å². The molecule has 2 heterocycles. The van der Waals surface area contributed by atoms with Crippen molar-refractivity contribution in [3.63, 3.8) is 0 Å². The maximum atomic E-state index is 14.3. The van der Waals surface area contributed by atoms with Crippen molar-refractivity contribution < 1.29 is 9.13 Å². The van der Waals surface area contributed by atoms with Gasteiger partial charge in [-0.1, -0.05) is 6.07 Å². The molecule has 0 bridgehead atoms. The molecule has 3 rings (SSSR count). The van der Waals surface area contributed by atoms with Crippen LogP contribution in [0.15, 0.2) is 30.5 Å². The highest BCUT2D eigenvalue weighted by Crippen LogP contribution is 2.33. The third-order valence-corrected chi connectivity index (χ3v) is 4.53. The summed E-state index contributed by atoms with van der Waals surface area (Å²) in [6.45, 7) is 2.19. The van der Waals surface area contributed by atoms with Gasteiger partial charge in [-0.25, -0.2) is 14.4 Å². The highest BCUT2D eigenvalue weighted by Gasteiger charge is 2.29. The second-order valence-electron chi connectivity index (χ2n) is 6.69. The SMILES string of the molecule is COc1cccc(F)c1CN1CCCC1c1nccc(CN(C)C)n1. The first-order valence-corrected chi connectivity index (χ1v) is 8.60. The van der Waals surface area contributed by atoms with Crippen LogP contribution >= 0.6 is 0 Å². The van der Waals surface area contributed by atoms with Gasteiger partial charge >= 0.3 is 0 Å². The number of aromatic nitrogens is 2. The Labute approximate surface area is 148 Å². The molecule has 6 heteroatoms. The summed E-state index contributed by atoms with van der Waals surface area (Å²) in [4.78, 5) is 13.6. The standard InChI is InChI=1S/C19H25FN4O/c1-23(2)12-14-9-10-21-19(22-14)17-7-5-11-24(17)13-15-16(20)6-4-8-18(15)25-3/h4,6,8-10,17H,5,7,11-13H2,1-3H3. The Morgan fingerprint density at radius 3 is 2.92 bits per heavy atom. The lowest BCUT2D eigenvalue weighted by atomic mass is 10.1. The van der Waals surface area contributed by atoms with E-state index in [1.807, 2.05) is 26.4 Å². The van der Waals surface area contributed by atoms with Crippen LogP contribution in [0.4, 0.5) is 4.39 Å². The van der Waals surface area contributed by atoms with Crippen molar-refractivity contribution in [3.05, 3.63) is 53.4 Å². The average Bonchev–Trinajstić information content (AvgIpc) is 3.04. The molecule has 1 saturated heterocycles. The Morgan fingerprint density at radius 1 is 1.32 bits per heavy atom. The zero-order chi connectivity index (χ0) is 17.8. The number of nitrogens with zero attached hydrogens (tertiary/aromatic N) is 4. The van der Waals surface area contributed by atoms with Gasteiger partial charge in [0, 0.05) is 24.8 Å². The van der Waals surface area contributed by atoms with Crippen LogP contribution in [-0.2, 0) is 13.1 Å². The zero-order valence-electron chi connectivity index (χ0n) is 15.1. The molecule has 0 N–H and O–H groups in total. The van der Waals surface area contributed by atoms with Gasteiger partial charge in [0.05, 0.1) is 18.8 Å². The Balaban J connectivity index is 1.82. The van der Waals surface area contributed by atoms with Crippen molar-refractivity contribution in [2.24, 2.45) is 0 Å². The molecule has 1 atom stereocenters. The van der Waals surface area contributed by atoms with Gasteiger partial charge in [0.2, 0.25) is 0 Å². The molecule has 1 fully saturated rings. The molecule has 134 valence electrons. The van der Waals surface area contributed by atoms with E-state index in [2.05, 4.69) is 14.8 Å². The molecule has 1 aliphatic rings. The molecular weight excluding hydrogens is 319 g/mol. The lowest BCUT2D eigenvalue weighted by Gasteiger charge is -2.24. The molecule has 0 radical (unpaired) electrons. The fraction of sp³-hybridized carbons (Fsp3) is 0.474. The van der Waals surface area contributed by atoms with Gasteiger partial charge in [-0.05, 0) is 51.7 Å². The van der Waals surface area contributed by atoms with Crippen molar-refractivity contribution in [1.29, 1.82) is 0 Å². The first kappa shape index (κ1) is 17.8. The van der Waals surface area contributed by atoms with Gasteiger partial charge in [-0.15, -0.1) is 0 Å². The second-order valence-corrected chi connectivity index (χ2v) is 6.69. The molecule has 1 aliphatic heterocycles. The molecule has 0 saturated carbocycles. The second kappa shape index (κ2) is 7.89. The monoisotopic (exact) mass is 344 g/mol. The Morgan fingerprint density at radius 2 is 2.16 bits per heavy atom. The minimum Gasteiger partial charge on any atom is -0.496 e. The van der Waals surface area contributed by atoms with E-state index in [1.54, 1.807) is 19.2 Å². The van der Waals surface area contributed by atoms with Crippen LogP contribution in [0.5, 0.6) is 5.75 Å². The van der Waals surface area contributed by atoms with Gasteiger partial charge < -0.3 is 9.64 Å². The van der Waals surface area contributed by atoms with Crippen LogP contribution in [0.3, 0.4) is 0 Å². The molecule has 1 aromatic heterocycles. The fourth-order valence-corrected chi connectivity index (χ4v) is 3.38. The maximum absolute atomic E-state index is 14.3. The van der Waals surface area contributed by atoms with Gasteiger partial charge in [-0.2, -0.15) is 0 Å². The third kappa shape index (κ3) is 4.14. The van der Waals surface area contributed by atoms with Crippen LogP contribution in [0, 0.1) is 5.82 Å². The fourth-order valence-electron chi connectivity index (χ4n) is 3.38. The van der Waals surface area contributed by atoms with Crippen molar-refractivity contribution in [2.45, 2.75) is 32.0 Å². The number of rotatable bonds is 6. The van der Waals surface area contributed by atoms with Gasteiger partial charge in [0.25, 0.3) is 0 Å². The van der Waals surface area contributed by atoms with Crippen LogP contribution < -0.4 is 4.74 Å². The normalized spacial score (nSPS) is 18.0. The van der Waals surface area contributed by atoms with Crippen molar-refractivity contribution in [3.8, 4) is 5.75 Å². The van der Waals surface area contributed by atoms with E-state index in [1.165, 1.54) is 6.07 Å². The first-order chi connectivity index (χ1) is 12.1. The van der Waals surface area contributed by atoms with E-state index in [0.29, 0.717) is 17.9 Å². The summed E-state index contributed by atoms with van der Waals surface area (Å²) in [6.07, 6.45) is 3.87. The van der Waals surface area contributed by atoms with E-state index < -0.39 is 0 Å². The van der Waals surface area contributed by atoms with E-state index >= 15 is 0 Å². The smallest absolute Gasteiger partial charge is 0.145 e. The van der Waals surface area contributed by atoms with Crippen LogP contribution in [-0.4, -0.2) is 47.5 Å². The highest BCUT2D eigenvalue weighted by molar-refractivity contribution is 5.34. The summed E-state index contributed by atoms with van der Waals surface area (Å²) in [5.41, 5.74) is 1.60. The molecule has 0 aliphatic carbocycles. The molecule has 25 heavy (non-hydrogen) atoms. The van der Waals surface area contributed by atoms with Gasteiger partial charge in [-0.3, -0.25) is 4.90 Å². The maximum Gasteiger partial charge on any atom is 0.145 e. The molecule has 1 unspecified atom stereocenters. The summed E-state index contributed by atoms with van der Waals surface area (Å²) < 4.78 is 19.6. The topological polar surface area (TPSA) is 41.5 Å². The minimum absolute atomic E-state index is 0.117. The van der Waals surface area contributed by atoms with E-state index in [-0.39, 0.29) is 11.9 Å². The predicted molar refractivity (Wildman–Crippen MR) is 94.8 cm³/mol. The Hall–Kier alpha value is -2.05. The number of benzene rings is 1. The van der Waals surface area contributed by atoms with Crippen LogP contribution in [0.2, 0.25) is 0 Å². The molecule has 5 nitrogen and oxygen atoms in total.